The topological polar surface area (TPSA) is 17.8 Å². The van der Waals surface area contributed by atoms with Gasteiger partial charge >= 0.3 is 0 Å². The maximum absolute atomic E-state index is 4.26. The Balaban J connectivity index is 0.00000109. The fraction of sp³-hybridized carbons (Fsp3) is 0.269. The van der Waals surface area contributed by atoms with E-state index in [0.29, 0.717) is 0 Å². The van der Waals surface area contributed by atoms with Crippen molar-refractivity contribution >= 4 is 21.8 Å². The zero-order valence-electron chi connectivity index (χ0n) is 17.3. The van der Waals surface area contributed by atoms with Crippen molar-refractivity contribution in [3.05, 3.63) is 90.3 Å². The number of aromatic nitrogens is 2. The highest BCUT2D eigenvalue weighted by Gasteiger charge is 2.09. The summed E-state index contributed by atoms with van der Waals surface area (Å²) in [7, 11) is 0. The third-order valence-corrected chi connectivity index (χ3v) is 5.10. The molecule has 2 aromatic heterocycles. The van der Waals surface area contributed by atoms with Crippen molar-refractivity contribution in [2.45, 2.75) is 46.6 Å². The van der Waals surface area contributed by atoms with E-state index >= 15 is 0 Å². The molecule has 0 saturated carbocycles. The van der Waals surface area contributed by atoms with Gasteiger partial charge in [0.2, 0.25) is 0 Å². The van der Waals surface area contributed by atoms with Gasteiger partial charge in [-0.1, -0.05) is 56.3 Å². The van der Waals surface area contributed by atoms with Crippen LogP contribution in [0, 0.1) is 0 Å². The number of rotatable bonds is 6. The molecule has 0 saturated heterocycles. The first kappa shape index (κ1) is 19.9. The van der Waals surface area contributed by atoms with E-state index in [4.69, 9.17) is 0 Å². The molecule has 0 amide bonds. The van der Waals surface area contributed by atoms with Gasteiger partial charge in [0.15, 0.2) is 0 Å². The van der Waals surface area contributed by atoms with Crippen LogP contribution >= 0.6 is 0 Å². The van der Waals surface area contributed by atoms with Crippen LogP contribution in [0.1, 0.15) is 38.3 Å². The summed E-state index contributed by atoms with van der Waals surface area (Å²) in [6.45, 7) is 11.5. The van der Waals surface area contributed by atoms with Gasteiger partial charge in [-0.3, -0.25) is 4.98 Å². The number of benzene rings is 2. The maximum Gasteiger partial charge on any atom is 0.0491 e. The third-order valence-electron chi connectivity index (χ3n) is 5.10. The first-order chi connectivity index (χ1) is 13.8. The normalized spacial score (nSPS) is 10.7. The van der Waals surface area contributed by atoms with E-state index in [1.54, 1.807) is 0 Å². The van der Waals surface area contributed by atoms with E-state index in [1.807, 2.05) is 32.3 Å². The zero-order valence-corrected chi connectivity index (χ0v) is 17.3. The largest absolute Gasteiger partial charge is 0.341 e. The molecule has 0 spiro atoms. The first-order valence-corrected chi connectivity index (χ1v) is 10.3. The average Bonchev–Trinajstić information content (AvgIpc) is 3.07. The molecule has 0 fully saturated rings. The van der Waals surface area contributed by atoms with Crippen LogP contribution in [-0.2, 0) is 19.4 Å². The van der Waals surface area contributed by atoms with Gasteiger partial charge in [-0.15, -0.1) is 0 Å². The highest BCUT2D eigenvalue weighted by Crippen LogP contribution is 2.30. The number of hydrogen-bond donors (Lipinski definition) is 0. The molecule has 2 aromatic carbocycles. The summed E-state index contributed by atoms with van der Waals surface area (Å²) in [5, 5.41) is 2.71. The van der Waals surface area contributed by atoms with Crippen LogP contribution in [0.4, 0.5) is 0 Å². The summed E-state index contributed by atoms with van der Waals surface area (Å²) in [5.41, 5.74) is 6.52. The van der Waals surface area contributed by atoms with Crippen LogP contribution in [0.2, 0.25) is 0 Å². The minimum Gasteiger partial charge on any atom is -0.341 e. The maximum atomic E-state index is 4.26. The standard InChI is InChI=1S/C24H24N2.C2H6/c1-3-26-23-9-5-4-8-21(23)22-16-19(12-13-24(22)26)11-10-18(2)15-20-7-6-14-25-17-20;1-2/h4-9,12-14,16-17H,2-3,10-11,15H2,1H3;1-2H3. The Morgan fingerprint density at radius 3 is 2.46 bits per heavy atom. The highest BCUT2D eigenvalue weighted by atomic mass is 15.0. The Morgan fingerprint density at radius 1 is 0.929 bits per heavy atom. The van der Waals surface area contributed by atoms with Gasteiger partial charge in [0, 0.05) is 40.7 Å². The molecule has 0 aliphatic rings. The number of allylic oxidation sites excluding steroid dienone is 1. The molecule has 0 radical (unpaired) electrons. The molecule has 4 aromatic rings. The zero-order chi connectivity index (χ0) is 19.9. The van der Waals surface area contributed by atoms with E-state index in [2.05, 4.69) is 71.6 Å². The number of para-hydroxylation sites is 1. The predicted molar refractivity (Wildman–Crippen MR) is 122 cm³/mol. The van der Waals surface area contributed by atoms with Crippen molar-refractivity contribution in [3.63, 3.8) is 0 Å². The molecule has 144 valence electrons. The Labute approximate surface area is 168 Å². The number of aryl methyl sites for hydroxylation is 2. The van der Waals surface area contributed by atoms with E-state index in [1.165, 1.54) is 38.5 Å². The number of nitrogens with zero attached hydrogens (tertiary/aromatic N) is 2. The molecular weight excluding hydrogens is 340 g/mol. The molecule has 2 heterocycles. The summed E-state index contributed by atoms with van der Waals surface area (Å²) in [4.78, 5) is 4.19. The number of hydrogen-bond acceptors (Lipinski definition) is 1. The fourth-order valence-corrected chi connectivity index (χ4v) is 3.80. The molecule has 0 atom stereocenters. The van der Waals surface area contributed by atoms with Gasteiger partial charge in [-0.25, -0.2) is 0 Å². The Kier molecular flexibility index (Phi) is 6.65. The Morgan fingerprint density at radius 2 is 1.71 bits per heavy atom. The van der Waals surface area contributed by atoms with Gasteiger partial charge in [0.1, 0.15) is 0 Å². The molecular formula is C26H30N2. The van der Waals surface area contributed by atoms with Crippen molar-refractivity contribution in [1.29, 1.82) is 0 Å². The van der Waals surface area contributed by atoms with E-state index in [-0.39, 0.29) is 0 Å². The lowest BCUT2D eigenvalue weighted by Crippen LogP contribution is -1.94. The second kappa shape index (κ2) is 9.36. The second-order valence-corrected chi connectivity index (χ2v) is 6.90. The Hall–Kier alpha value is -2.87. The molecule has 0 aliphatic heterocycles. The molecule has 2 heteroatoms. The molecule has 4 rings (SSSR count). The summed E-state index contributed by atoms with van der Waals surface area (Å²) in [5.74, 6) is 0. The van der Waals surface area contributed by atoms with Crippen molar-refractivity contribution < 1.29 is 0 Å². The predicted octanol–water partition coefficient (Wildman–Crippen LogP) is 6.97. The van der Waals surface area contributed by atoms with Gasteiger partial charge in [-0.2, -0.15) is 0 Å². The summed E-state index contributed by atoms with van der Waals surface area (Å²) in [6, 6.07) is 19.7. The van der Waals surface area contributed by atoms with Crippen LogP contribution in [0.15, 0.2) is 79.1 Å². The lowest BCUT2D eigenvalue weighted by atomic mass is 9.99. The summed E-state index contributed by atoms with van der Waals surface area (Å²) < 4.78 is 2.40. The van der Waals surface area contributed by atoms with E-state index in [0.717, 1.165) is 25.8 Å². The van der Waals surface area contributed by atoms with Crippen molar-refractivity contribution in [1.82, 2.24) is 9.55 Å². The van der Waals surface area contributed by atoms with Gasteiger partial charge in [0.25, 0.3) is 0 Å². The van der Waals surface area contributed by atoms with Crippen molar-refractivity contribution in [3.8, 4) is 0 Å². The van der Waals surface area contributed by atoms with Crippen molar-refractivity contribution in [2.75, 3.05) is 0 Å². The molecule has 0 N–H and O–H groups in total. The van der Waals surface area contributed by atoms with Crippen LogP contribution in [0.3, 0.4) is 0 Å². The van der Waals surface area contributed by atoms with Crippen LogP contribution < -0.4 is 0 Å². The Bertz CT molecular complexity index is 1060. The minimum atomic E-state index is 0.908. The average molecular weight is 371 g/mol. The first-order valence-electron chi connectivity index (χ1n) is 10.3. The van der Waals surface area contributed by atoms with Crippen LogP contribution in [0.25, 0.3) is 21.8 Å². The van der Waals surface area contributed by atoms with Gasteiger partial charge in [-0.05, 0) is 61.6 Å². The molecule has 0 unspecified atom stereocenters. The molecule has 0 bridgehead atoms. The van der Waals surface area contributed by atoms with Crippen LogP contribution in [-0.4, -0.2) is 9.55 Å². The van der Waals surface area contributed by atoms with E-state index in [9.17, 15) is 0 Å². The summed E-state index contributed by atoms with van der Waals surface area (Å²) >= 11 is 0. The quantitative estimate of drug-likeness (QED) is 0.335. The van der Waals surface area contributed by atoms with E-state index < -0.39 is 0 Å². The lowest BCUT2D eigenvalue weighted by Gasteiger charge is -2.07. The van der Waals surface area contributed by atoms with Gasteiger partial charge in [0.05, 0.1) is 0 Å². The minimum absolute atomic E-state index is 0.908. The third kappa shape index (κ3) is 4.17. The summed E-state index contributed by atoms with van der Waals surface area (Å²) in [6.07, 6.45) is 6.68. The fourth-order valence-electron chi connectivity index (χ4n) is 3.80. The van der Waals surface area contributed by atoms with Gasteiger partial charge < -0.3 is 4.57 Å². The molecule has 0 aliphatic carbocycles. The monoisotopic (exact) mass is 370 g/mol. The SMILES string of the molecule is C=C(CCc1ccc2c(c1)c1ccccc1n2CC)Cc1cccnc1.CC. The highest BCUT2D eigenvalue weighted by molar-refractivity contribution is 6.08. The molecule has 28 heavy (non-hydrogen) atoms. The smallest absolute Gasteiger partial charge is 0.0491 e. The number of fused-ring (bicyclic) bond motifs is 3. The van der Waals surface area contributed by atoms with Crippen LogP contribution in [0.5, 0.6) is 0 Å². The van der Waals surface area contributed by atoms with Crippen molar-refractivity contribution in [2.24, 2.45) is 0 Å². The second-order valence-electron chi connectivity index (χ2n) is 6.90. The number of pyridine rings is 1. The lowest BCUT2D eigenvalue weighted by molar-refractivity contribution is 0.826. The molecule has 2 nitrogen and oxygen atoms in total.